The van der Waals surface area contributed by atoms with E-state index in [0.717, 1.165) is 62.2 Å². The van der Waals surface area contributed by atoms with E-state index in [1.807, 2.05) is 15.9 Å². The number of amides is 2. The molecule has 2 amide bonds. The molecule has 5 rings (SSSR count). The van der Waals surface area contributed by atoms with E-state index in [2.05, 4.69) is 30.9 Å². The Morgan fingerprint density at radius 2 is 1.69 bits per heavy atom. The Hall–Kier alpha value is -1.59. The first-order valence-electron chi connectivity index (χ1n) is 14.0. The molecule has 3 heterocycles. The Bertz CT molecular complexity index is 932. The van der Waals surface area contributed by atoms with Crippen LogP contribution in [0.5, 0.6) is 0 Å². The fourth-order valence-electron chi connectivity index (χ4n) is 7.26. The molecule has 5 nitrogen and oxygen atoms in total. The monoisotopic (exact) mass is 499 g/mol. The summed E-state index contributed by atoms with van der Waals surface area (Å²) >= 11 is 6.40. The van der Waals surface area contributed by atoms with E-state index in [-0.39, 0.29) is 11.8 Å². The SMILES string of the molecule is CC(C)[C@H]1CC[C@@H](N2CCC3(CC2)C(=O)N(CCN2CCCCC2=O)Cc2cc(Cl)ccc23)CC1. The standard InChI is InChI=1S/C29H42ClN3O2/c1-21(2)22-6-9-25(10-7-22)31-15-12-29(13-16-31)26-11-8-24(30)19-23(26)20-33(28(29)35)18-17-32-14-4-3-5-27(32)34/h8,11,19,21-22,25H,3-7,9-10,12-18,20H2,1-2H3/t22-,25+. The van der Waals surface area contributed by atoms with E-state index >= 15 is 0 Å². The molecule has 1 spiro atoms. The second-order valence-electron chi connectivity index (χ2n) is 11.8. The summed E-state index contributed by atoms with van der Waals surface area (Å²) in [5.41, 5.74) is 1.93. The van der Waals surface area contributed by atoms with E-state index in [9.17, 15) is 9.59 Å². The van der Waals surface area contributed by atoms with E-state index in [0.29, 0.717) is 32.1 Å². The molecule has 0 atom stereocenters. The van der Waals surface area contributed by atoms with Gasteiger partial charge >= 0.3 is 0 Å². The van der Waals surface area contributed by atoms with Gasteiger partial charge in [-0.2, -0.15) is 0 Å². The largest absolute Gasteiger partial charge is 0.341 e. The fourth-order valence-corrected chi connectivity index (χ4v) is 7.46. The summed E-state index contributed by atoms with van der Waals surface area (Å²) in [5, 5.41) is 0.735. The summed E-state index contributed by atoms with van der Waals surface area (Å²) < 4.78 is 0. The van der Waals surface area contributed by atoms with Crippen molar-refractivity contribution in [3.63, 3.8) is 0 Å². The van der Waals surface area contributed by atoms with Crippen molar-refractivity contribution in [2.45, 2.75) is 89.6 Å². The van der Waals surface area contributed by atoms with Crippen molar-refractivity contribution in [1.82, 2.24) is 14.7 Å². The average Bonchev–Trinajstić information content (AvgIpc) is 2.86. The predicted molar refractivity (Wildman–Crippen MR) is 140 cm³/mol. The number of carbonyl (C=O) groups is 2. The maximum Gasteiger partial charge on any atom is 0.233 e. The molecule has 0 unspecified atom stereocenters. The maximum atomic E-state index is 14.1. The smallest absolute Gasteiger partial charge is 0.233 e. The van der Waals surface area contributed by atoms with Gasteiger partial charge in [0.05, 0.1) is 5.41 Å². The quantitative estimate of drug-likeness (QED) is 0.556. The summed E-state index contributed by atoms with van der Waals surface area (Å²) in [6.45, 7) is 9.38. The normalized spacial score (nSPS) is 27.5. The number of piperidine rings is 2. The topological polar surface area (TPSA) is 43.9 Å². The molecule has 192 valence electrons. The van der Waals surface area contributed by atoms with Crippen LogP contribution in [-0.4, -0.2) is 65.3 Å². The first-order valence-corrected chi connectivity index (χ1v) is 14.4. The van der Waals surface area contributed by atoms with Crippen LogP contribution in [0.15, 0.2) is 18.2 Å². The Morgan fingerprint density at radius 1 is 0.971 bits per heavy atom. The summed E-state index contributed by atoms with van der Waals surface area (Å²) in [7, 11) is 0. The summed E-state index contributed by atoms with van der Waals surface area (Å²) in [4.78, 5) is 33.1. The van der Waals surface area contributed by atoms with Gasteiger partial charge in [-0.1, -0.05) is 31.5 Å². The molecule has 6 heteroatoms. The van der Waals surface area contributed by atoms with Crippen LogP contribution in [0.25, 0.3) is 0 Å². The van der Waals surface area contributed by atoms with E-state index < -0.39 is 5.41 Å². The minimum Gasteiger partial charge on any atom is -0.341 e. The van der Waals surface area contributed by atoms with Gasteiger partial charge in [-0.3, -0.25) is 9.59 Å². The number of hydrogen-bond donors (Lipinski definition) is 0. The van der Waals surface area contributed by atoms with Gasteiger partial charge in [0.25, 0.3) is 0 Å². The lowest BCUT2D eigenvalue weighted by molar-refractivity contribution is -0.144. The second-order valence-corrected chi connectivity index (χ2v) is 12.2. The number of carbonyl (C=O) groups excluding carboxylic acids is 2. The van der Waals surface area contributed by atoms with Gasteiger partial charge in [0.15, 0.2) is 0 Å². The Balaban J connectivity index is 1.30. The highest BCUT2D eigenvalue weighted by Gasteiger charge is 2.49. The molecular weight excluding hydrogens is 458 g/mol. The number of benzene rings is 1. The van der Waals surface area contributed by atoms with Gasteiger partial charge in [-0.05, 0) is 99.6 Å². The number of halogens is 1. The predicted octanol–water partition coefficient (Wildman–Crippen LogP) is 5.24. The third-order valence-corrected chi connectivity index (χ3v) is 9.79. The van der Waals surface area contributed by atoms with Crippen molar-refractivity contribution >= 4 is 23.4 Å². The lowest BCUT2D eigenvalue weighted by Gasteiger charge is -2.50. The summed E-state index contributed by atoms with van der Waals surface area (Å²) in [5.74, 6) is 2.16. The van der Waals surface area contributed by atoms with E-state index in [4.69, 9.17) is 11.6 Å². The highest BCUT2D eigenvalue weighted by atomic mass is 35.5. The van der Waals surface area contributed by atoms with Crippen molar-refractivity contribution < 1.29 is 9.59 Å². The number of likely N-dealkylation sites (tertiary alicyclic amines) is 2. The van der Waals surface area contributed by atoms with Crippen LogP contribution in [0.1, 0.15) is 82.8 Å². The molecule has 3 fully saturated rings. The minimum absolute atomic E-state index is 0.236. The van der Waals surface area contributed by atoms with Crippen LogP contribution >= 0.6 is 11.6 Å². The number of fused-ring (bicyclic) bond motifs is 2. The van der Waals surface area contributed by atoms with Crippen molar-refractivity contribution in [3.05, 3.63) is 34.3 Å². The minimum atomic E-state index is -0.449. The zero-order chi connectivity index (χ0) is 24.6. The van der Waals surface area contributed by atoms with E-state index in [1.54, 1.807) is 0 Å². The highest BCUT2D eigenvalue weighted by molar-refractivity contribution is 6.30. The van der Waals surface area contributed by atoms with Gasteiger partial charge in [0.2, 0.25) is 11.8 Å². The van der Waals surface area contributed by atoms with Gasteiger partial charge < -0.3 is 14.7 Å². The number of hydrogen-bond acceptors (Lipinski definition) is 3. The Labute approximate surface area is 216 Å². The van der Waals surface area contributed by atoms with Crippen LogP contribution < -0.4 is 0 Å². The highest BCUT2D eigenvalue weighted by Crippen LogP contribution is 2.45. The van der Waals surface area contributed by atoms with Crippen molar-refractivity contribution in [2.75, 3.05) is 32.7 Å². The van der Waals surface area contributed by atoms with E-state index in [1.165, 1.54) is 36.8 Å². The molecule has 0 N–H and O–H groups in total. The van der Waals surface area contributed by atoms with Crippen molar-refractivity contribution in [1.29, 1.82) is 0 Å². The van der Waals surface area contributed by atoms with Crippen LogP contribution in [-0.2, 0) is 21.5 Å². The molecule has 4 aliphatic rings. The first-order chi connectivity index (χ1) is 16.9. The van der Waals surface area contributed by atoms with Crippen LogP contribution in [0, 0.1) is 11.8 Å². The molecule has 35 heavy (non-hydrogen) atoms. The van der Waals surface area contributed by atoms with Crippen molar-refractivity contribution in [3.8, 4) is 0 Å². The van der Waals surface area contributed by atoms with Gasteiger partial charge in [-0.15, -0.1) is 0 Å². The van der Waals surface area contributed by atoms with Crippen LogP contribution in [0.3, 0.4) is 0 Å². The molecule has 0 aromatic heterocycles. The summed E-state index contributed by atoms with van der Waals surface area (Å²) in [6, 6.07) is 6.80. The summed E-state index contributed by atoms with van der Waals surface area (Å²) in [6.07, 6.45) is 9.73. The molecule has 1 aromatic rings. The molecule has 1 aromatic carbocycles. The average molecular weight is 500 g/mol. The molecule has 0 bridgehead atoms. The van der Waals surface area contributed by atoms with Crippen LogP contribution in [0.4, 0.5) is 0 Å². The third kappa shape index (κ3) is 5.00. The van der Waals surface area contributed by atoms with Gasteiger partial charge in [0.1, 0.15) is 0 Å². The van der Waals surface area contributed by atoms with Gasteiger partial charge in [0, 0.05) is 43.7 Å². The third-order valence-electron chi connectivity index (χ3n) is 9.55. The van der Waals surface area contributed by atoms with Crippen LogP contribution in [0.2, 0.25) is 5.02 Å². The number of nitrogens with zero attached hydrogens (tertiary/aromatic N) is 3. The van der Waals surface area contributed by atoms with Gasteiger partial charge in [-0.25, -0.2) is 0 Å². The first kappa shape index (κ1) is 25.1. The zero-order valence-electron chi connectivity index (χ0n) is 21.6. The molecule has 1 aliphatic carbocycles. The molecule has 3 aliphatic heterocycles. The van der Waals surface area contributed by atoms with Crippen molar-refractivity contribution in [2.24, 2.45) is 11.8 Å². The molecular formula is C29H42ClN3O2. The molecule has 2 saturated heterocycles. The number of rotatable bonds is 5. The fraction of sp³-hybridized carbons (Fsp3) is 0.724. The molecule has 0 radical (unpaired) electrons. The maximum absolute atomic E-state index is 14.1. The Morgan fingerprint density at radius 3 is 2.37 bits per heavy atom. The zero-order valence-corrected chi connectivity index (χ0v) is 22.4. The Kier molecular flexibility index (Phi) is 7.46. The second kappa shape index (κ2) is 10.4. The molecule has 1 saturated carbocycles. The lowest BCUT2D eigenvalue weighted by Crippen LogP contribution is -2.58. The lowest BCUT2D eigenvalue weighted by atomic mass is 9.67.